The van der Waals surface area contributed by atoms with Gasteiger partial charge < -0.3 is 10.2 Å². The second-order valence-corrected chi connectivity index (χ2v) is 7.15. The van der Waals surface area contributed by atoms with Crippen molar-refractivity contribution >= 4 is 53.0 Å². The molecule has 0 aliphatic rings. The van der Waals surface area contributed by atoms with E-state index in [-0.39, 0.29) is 24.0 Å². The van der Waals surface area contributed by atoms with Crippen molar-refractivity contribution in [1.29, 1.82) is 0 Å². The van der Waals surface area contributed by atoms with Gasteiger partial charge in [0.25, 0.3) is 0 Å². The highest BCUT2D eigenvalue weighted by atomic mass is 127. The normalized spacial score (nSPS) is 11.0. The molecule has 0 unspecified atom stereocenters. The number of hydrogen-bond donors (Lipinski definition) is 1. The fourth-order valence-electron chi connectivity index (χ4n) is 2.12. The first-order valence-electron chi connectivity index (χ1n) is 7.08. The van der Waals surface area contributed by atoms with Crippen molar-refractivity contribution < 1.29 is 0 Å². The topological polar surface area (TPSA) is 40.5 Å². The molecule has 0 saturated heterocycles. The Morgan fingerprint density at radius 1 is 1.35 bits per heavy atom. The maximum absolute atomic E-state index is 4.35. The smallest absolute Gasteiger partial charge is 0.193 e. The van der Waals surface area contributed by atoms with Crippen LogP contribution in [0.2, 0.25) is 0 Å². The molecule has 0 fully saturated rings. The number of rotatable bonds is 5. The number of guanidine groups is 1. The van der Waals surface area contributed by atoms with Gasteiger partial charge >= 0.3 is 0 Å². The van der Waals surface area contributed by atoms with Gasteiger partial charge in [-0.1, -0.05) is 12.1 Å². The summed E-state index contributed by atoms with van der Waals surface area (Å²) in [5.41, 5.74) is 1.27. The van der Waals surface area contributed by atoms with Crippen molar-refractivity contribution in [2.75, 3.05) is 20.4 Å². The third kappa shape index (κ3) is 6.31. The molecular weight excluding hydrogens is 439 g/mol. The van der Waals surface area contributed by atoms with Crippen LogP contribution in [0.1, 0.15) is 15.4 Å². The highest BCUT2D eigenvalue weighted by Gasteiger charge is 2.07. The molecule has 1 N–H and O–H groups in total. The van der Waals surface area contributed by atoms with Gasteiger partial charge in [-0.2, -0.15) is 0 Å². The zero-order valence-corrected chi connectivity index (χ0v) is 17.8. The molecule has 0 aliphatic heterocycles. The van der Waals surface area contributed by atoms with Crippen LogP contribution >= 0.6 is 47.1 Å². The van der Waals surface area contributed by atoms with Crippen LogP contribution in [-0.2, 0) is 13.1 Å². The molecule has 4 nitrogen and oxygen atoms in total. The monoisotopic (exact) mass is 462 g/mol. The lowest BCUT2D eigenvalue weighted by Crippen LogP contribution is -2.37. The molecule has 1 aromatic heterocycles. The first-order chi connectivity index (χ1) is 10.6. The van der Waals surface area contributed by atoms with Crippen molar-refractivity contribution in [2.24, 2.45) is 4.99 Å². The Labute approximate surface area is 163 Å². The molecule has 7 heteroatoms. The van der Waals surface area contributed by atoms with Crippen molar-refractivity contribution in [3.63, 3.8) is 0 Å². The van der Waals surface area contributed by atoms with Crippen LogP contribution in [0.5, 0.6) is 0 Å². The molecule has 0 saturated carbocycles. The van der Waals surface area contributed by atoms with Gasteiger partial charge in [0.2, 0.25) is 0 Å². The summed E-state index contributed by atoms with van der Waals surface area (Å²) in [5.74, 6) is 0.889. The Bertz CT molecular complexity index is 625. The predicted octanol–water partition coefficient (Wildman–Crippen LogP) is 4.00. The van der Waals surface area contributed by atoms with E-state index in [2.05, 4.69) is 57.8 Å². The summed E-state index contributed by atoms with van der Waals surface area (Å²) in [6, 6.07) is 8.65. The van der Waals surface area contributed by atoms with Gasteiger partial charge in [0.1, 0.15) is 0 Å². The molecule has 2 aromatic rings. The van der Waals surface area contributed by atoms with Gasteiger partial charge in [-0.3, -0.25) is 4.99 Å². The molecule has 23 heavy (non-hydrogen) atoms. The second-order valence-electron chi connectivity index (χ2n) is 4.95. The summed E-state index contributed by atoms with van der Waals surface area (Å²) in [6.45, 7) is 3.61. The van der Waals surface area contributed by atoms with Crippen molar-refractivity contribution in [3.8, 4) is 0 Å². The second kappa shape index (κ2) is 10.1. The quantitative estimate of drug-likeness (QED) is 0.316. The van der Waals surface area contributed by atoms with E-state index in [1.54, 1.807) is 23.1 Å². The lowest BCUT2D eigenvalue weighted by Gasteiger charge is -2.22. The number of thiazole rings is 1. The van der Waals surface area contributed by atoms with E-state index in [9.17, 15) is 0 Å². The van der Waals surface area contributed by atoms with Crippen LogP contribution in [0.25, 0.3) is 0 Å². The number of nitrogens with zero attached hydrogens (tertiary/aromatic N) is 3. The third-order valence-corrected chi connectivity index (χ3v) is 4.90. The molecule has 0 atom stereocenters. The van der Waals surface area contributed by atoms with Crippen molar-refractivity contribution in [2.45, 2.75) is 24.9 Å². The van der Waals surface area contributed by atoms with Crippen LogP contribution in [-0.4, -0.2) is 36.2 Å². The van der Waals surface area contributed by atoms with Gasteiger partial charge in [-0.25, -0.2) is 4.98 Å². The molecule has 0 bridgehead atoms. The largest absolute Gasteiger partial charge is 0.351 e. The molecule has 126 valence electrons. The fourth-order valence-corrected chi connectivity index (χ4v) is 3.26. The molecule has 0 spiro atoms. The number of benzene rings is 1. The number of aryl methyl sites for hydroxylation is 1. The predicted molar refractivity (Wildman–Crippen MR) is 112 cm³/mol. The number of nitrogens with one attached hydrogen (secondary N) is 1. The zero-order chi connectivity index (χ0) is 15.9. The number of hydrogen-bond acceptors (Lipinski definition) is 4. The van der Waals surface area contributed by atoms with E-state index < -0.39 is 0 Å². The number of halogens is 1. The average Bonchev–Trinajstić information content (AvgIpc) is 2.94. The Morgan fingerprint density at radius 3 is 2.57 bits per heavy atom. The lowest BCUT2D eigenvalue weighted by atomic mass is 10.2. The van der Waals surface area contributed by atoms with Crippen molar-refractivity contribution in [3.05, 3.63) is 45.9 Å². The summed E-state index contributed by atoms with van der Waals surface area (Å²) >= 11 is 3.47. The molecule has 0 amide bonds. The minimum atomic E-state index is 0. The lowest BCUT2D eigenvalue weighted by molar-refractivity contribution is 0.477. The fraction of sp³-hybridized carbons (Fsp3) is 0.375. The van der Waals surface area contributed by atoms with Crippen LogP contribution in [0, 0.1) is 6.92 Å². The highest BCUT2D eigenvalue weighted by molar-refractivity contribution is 14.0. The van der Waals surface area contributed by atoms with Crippen LogP contribution in [0.4, 0.5) is 0 Å². The Morgan fingerprint density at radius 2 is 2.04 bits per heavy atom. The first-order valence-corrected chi connectivity index (χ1v) is 9.12. The number of aliphatic imine (C=N–C) groups is 1. The van der Waals surface area contributed by atoms with Crippen molar-refractivity contribution in [1.82, 2.24) is 15.2 Å². The number of thioether (sulfide) groups is 1. The summed E-state index contributed by atoms with van der Waals surface area (Å²) < 4.78 is 0. The third-order valence-electron chi connectivity index (χ3n) is 3.24. The van der Waals surface area contributed by atoms with E-state index in [4.69, 9.17) is 0 Å². The van der Waals surface area contributed by atoms with Gasteiger partial charge in [-0.15, -0.1) is 47.1 Å². The van der Waals surface area contributed by atoms with E-state index in [1.165, 1.54) is 15.3 Å². The van der Waals surface area contributed by atoms with E-state index in [1.807, 2.05) is 20.2 Å². The van der Waals surface area contributed by atoms with Gasteiger partial charge in [0.15, 0.2) is 5.96 Å². The standard InChI is InChI=1S/C16H22N4S2.HI/c1-12-18-9-15(22-12)10-19-16(17-2)20(3)11-13-5-7-14(21-4)8-6-13;/h5-9H,10-11H2,1-4H3,(H,17,19);1H. The molecule has 0 radical (unpaired) electrons. The molecule has 1 heterocycles. The Balaban J connectivity index is 0.00000264. The van der Waals surface area contributed by atoms with Crippen LogP contribution in [0.15, 0.2) is 40.4 Å². The van der Waals surface area contributed by atoms with E-state index >= 15 is 0 Å². The summed E-state index contributed by atoms with van der Waals surface area (Å²) in [5, 5.41) is 4.48. The summed E-state index contributed by atoms with van der Waals surface area (Å²) in [6.07, 6.45) is 4.01. The maximum Gasteiger partial charge on any atom is 0.193 e. The first kappa shape index (κ1) is 20.2. The van der Waals surface area contributed by atoms with Gasteiger partial charge in [0, 0.05) is 36.6 Å². The molecular formula is C16H23IN4S2. The molecule has 1 aromatic carbocycles. The Kier molecular flexibility index (Phi) is 8.93. The SMILES string of the molecule is CN=C(NCc1cnc(C)s1)N(C)Cc1ccc(SC)cc1.I. The molecule has 0 aliphatic carbocycles. The average molecular weight is 462 g/mol. The highest BCUT2D eigenvalue weighted by Crippen LogP contribution is 2.16. The van der Waals surface area contributed by atoms with E-state index in [0.29, 0.717) is 0 Å². The van der Waals surface area contributed by atoms with Gasteiger partial charge in [0.05, 0.1) is 11.6 Å². The number of aromatic nitrogens is 1. The van der Waals surface area contributed by atoms with Gasteiger partial charge in [-0.05, 0) is 30.9 Å². The van der Waals surface area contributed by atoms with E-state index in [0.717, 1.165) is 24.1 Å². The summed E-state index contributed by atoms with van der Waals surface area (Å²) in [7, 11) is 3.86. The maximum atomic E-state index is 4.35. The zero-order valence-electron chi connectivity index (χ0n) is 13.9. The minimum Gasteiger partial charge on any atom is -0.351 e. The minimum absolute atomic E-state index is 0. The Hall–Kier alpha value is -0.800. The van der Waals surface area contributed by atoms with Crippen LogP contribution in [0.3, 0.4) is 0 Å². The molecule has 2 rings (SSSR count). The van der Waals surface area contributed by atoms with Crippen LogP contribution < -0.4 is 5.32 Å². The summed E-state index contributed by atoms with van der Waals surface area (Å²) in [4.78, 5) is 13.3.